The van der Waals surface area contributed by atoms with Crippen LogP contribution in [0.4, 0.5) is 5.95 Å². The van der Waals surface area contributed by atoms with Crippen molar-refractivity contribution < 1.29 is 13.9 Å². The third kappa shape index (κ3) is 5.17. The van der Waals surface area contributed by atoms with Crippen molar-refractivity contribution in [2.24, 2.45) is 0 Å². The molecule has 0 N–H and O–H groups in total. The van der Waals surface area contributed by atoms with Gasteiger partial charge in [-0.2, -0.15) is 4.98 Å². The van der Waals surface area contributed by atoms with Gasteiger partial charge in [-0.1, -0.05) is 17.7 Å². The van der Waals surface area contributed by atoms with Gasteiger partial charge in [-0.15, -0.1) is 10.2 Å². The molecule has 1 fully saturated rings. The first-order valence-corrected chi connectivity index (χ1v) is 10.5. The number of piperazine rings is 1. The molecule has 0 bridgehead atoms. The summed E-state index contributed by atoms with van der Waals surface area (Å²) in [6.07, 6.45) is 2.46. The predicted octanol–water partition coefficient (Wildman–Crippen LogP) is 2.52. The molecule has 162 valence electrons. The molecule has 1 aliphatic heterocycles. The Labute approximate surface area is 181 Å². The number of aryl methyl sites for hydroxylation is 2. The van der Waals surface area contributed by atoms with E-state index in [1.807, 2.05) is 43.0 Å². The molecule has 3 aromatic rings. The molecule has 0 radical (unpaired) electrons. The molecule has 0 aliphatic carbocycles. The van der Waals surface area contributed by atoms with E-state index in [1.54, 1.807) is 12.3 Å². The van der Waals surface area contributed by atoms with Gasteiger partial charge in [0, 0.05) is 56.8 Å². The van der Waals surface area contributed by atoms with Gasteiger partial charge in [-0.3, -0.25) is 4.79 Å². The second-order valence-electron chi connectivity index (χ2n) is 7.36. The van der Waals surface area contributed by atoms with Crippen molar-refractivity contribution in [1.82, 2.24) is 25.1 Å². The van der Waals surface area contributed by atoms with Crippen LogP contribution in [0, 0.1) is 6.92 Å². The number of rotatable bonds is 7. The summed E-state index contributed by atoms with van der Waals surface area (Å²) < 4.78 is 11.2. The summed E-state index contributed by atoms with van der Waals surface area (Å²) in [5, 5.41) is 8.18. The maximum absolute atomic E-state index is 12.6. The van der Waals surface area contributed by atoms with Gasteiger partial charge in [0.05, 0.1) is 6.61 Å². The molecule has 0 spiro atoms. The van der Waals surface area contributed by atoms with Crippen LogP contribution >= 0.6 is 0 Å². The van der Waals surface area contributed by atoms with Gasteiger partial charge in [0.25, 0.3) is 0 Å². The predicted molar refractivity (Wildman–Crippen MR) is 115 cm³/mol. The maximum Gasteiger partial charge on any atom is 0.247 e. The highest BCUT2D eigenvalue weighted by Crippen LogP contribution is 2.19. The highest BCUT2D eigenvalue weighted by atomic mass is 16.5. The number of benzene rings is 1. The fourth-order valence-electron chi connectivity index (χ4n) is 3.41. The van der Waals surface area contributed by atoms with Crippen molar-refractivity contribution in [1.29, 1.82) is 0 Å². The normalized spacial score (nSPS) is 14.0. The van der Waals surface area contributed by atoms with Gasteiger partial charge >= 0.3 is 0 Å². The Hall–Kier alpha value is -3.49. The molecule has 0 unspecified atom stereocenters. The molecule has 1 aromatic carbocycles. The van der Waals surface area contributed by atoms with Gasteiger partial charge in [0.15, 0.2) is 0 Å². The Bertz CT molecular complexity index is 1010. The minimum atomic E-state index is 0.0821. The highest BCUT2D eigenvalue weighted by molar-refractivity contribution is 5.76. The molecule has 4 rings (SSSR count). The number of ether oxygens (including phenoxy) is 1. The SMILES string of the molecule is CCOc1ccnc(N2CCN(C(=O)CCc3nnc(-c4ccc(C)cc4)o3)CC2)n1. The van der Waals surface area contributed by atoms with Crippen molar-refractivity contribution >= 4 is 11.9 Å². The summed E-state index contributed by atoms with van der Waals surface area (Å²) in [6.45, 7) is 7.12. The first-order chi connectivity index (χ1) is 15.1. The molecule has 1 aliphatic rings. The van der Waals surface area contributed by atoms with Crippen LogP contribution in [0.3, 0.4) is 0 Å². The van der Waals surface area contributed by atoms with Crippen LogP contribution in [-0.4, -0.2) is 63.8 Å². The van der Waals surface area contributed by atoms with E-state index >= 15 is 0 Å². The smallest absolute Gasteiger partial charge is 0.247 e. The summed E-state index contributed by atoms with van der Waals surface area (Å²) >= 11 is 0. The van der Waals surface area contributed by atoms with E-state index in [9.17, 15) is 4.79 Å². The lowest BCUT2D eigenvalue weighted by atomic mass is 10.1. The molecule has 1 saturated heterocycles. The third-order valence-electron chi connectivity index (χ3n) is 5.14. The van der Waals surface area contributed by atoms with E-state index in [2.05, 4.69) is 25.1 Å². The lowest BCUT2D eigenvalue weighted by molar-refractivity contribution is -0.131. The average Bonchev–Trinajstić information content (AvgIpc) is 3.27. The molecule has 9 nitrogen and oxygen atoms in total. The van der Waals surface area contributed by atoms with E-state index in [1.165, 1.54) is 5.56 Å². The van der Waals surface area contributed by atoms with Gasteiger partial charge in [-0.25, -0.2) is 4.98 Å². The quantitative estimate of drug-likeness (QED) is 0.573. The number of carbonyl (C=O) groups is 1. The van der Waals surface area contributed by atoms with E-state index in [0.29, 0.717) is 69.2 Å². The van der Waals surface area contributed by atoms with Crippen molar-refractivity contribution in [3.8, 4) is 17.3 Å². The average molecular weight is 422 g/mol. The number of carbonyl (C=O) groups excluding carboxylic acids is 1. The van der Waals surface area contributed by atoms with Crippen LogP contribution in [0.2, 0.25) is 0 Å². The van der Waals surface area contributed by atoms with Crippen molar-refractivity contribution in [3.63, 3.8) is 0 Å². The van der Waals surface area contributed by atoms with Crippen LogP contribution in [0.25, 0.3) is 11.5 Å². The zero-order valence-corrected chi connectivity index (χ0v) is 17.8. The second kappa shape index (κ2) is 9.55. The Morgan fingerprint density at radius 2 is 1.87 bits per heavy atom. The Balaban J connectivity index is 1.27. The van der Waals surface area contributed by atoms with Crippen LogP contribution in [0.5, 0.6) is 5.88 Å². The maximum atomic E-state index is 12.6. The number of hydrogen-bond donors (Lipinski definition) is 0. The van der Waals surface area contributed by atoms with E-state index in [4.69, 9.17) is 9.15 Å². The molecule has 0 saturated carbocycles. The largest absolute Gasteiger partial charge is 0.478 e. The molecule has 31 heavy (non-hydrogen) atoms. The number of nitrogens with zero attached hydrogens (tertiary/aromatic N) is 6. The van der Waals surface area contributed by atoms with Crippen LogP contribution in [-0.2, 0) is 11.2 Å². The topological polar surface area (TPSA) is 97.5 Å². The molecule has 2 aromatic heterocycles. The van der Waals surface area contributed by atoms with Crippen LogP contribution in [0.15, 0.2) is 40.9 Å². The molecule has 3 heterocycles. The second-order valence-corrected chi connectivity index (χ2v) is 7.36. The van der Waals surface area contributed by atoms with Gasteiger partial charge in [-0.05, 0) is 26.0 Å². The fourth-order valence-corrected chi connectivity index (χ4v) is 3.41. The minimum absolute atomic E-state index is 0.0821. The Morgan fingerprint density at radius 1 is 1.10 bits per heavy atom. The molecular weight excluding hydrogens is 396 g/mol. The molecule has 0 atom stereocenters. The number of amides is 1. The fraction of sp³-hybridized carbons (Fsp3) is 0.409. The lowest BCUT2D eigenvalue weighted by Crippen LogP contribution is -2.49. The first-order valence-electron chi connectivity index (χ1n) is 10.5. The number of hydrogen-bond acceptors (Lipinski definition) is 8. The third-order valence-corrected chi connectivity index (χ3v) is 5.14. The van der Waals surface area contributed by atoms with Gasteiger partial charge in [0.2, 0.25) is 29.5 Å². The van der Waals surface area contributed by atoms with E-state index < -0.39 is 0 Å². The summed E-state index contributed by atoms with van der Waals surface area (Å²) in [7, 11) is 0. The zero-order valence-electron chi connectivity index (χ0n) is 17.8. The van der Waals surface area contributed by atoms with Crippen LogP contribution in [0.1, 0.15) is 24.8 Å². The highest BCUT2D eigenvalue weighted by Gasteiger charge is 2.23. The summed E-state index contributed by atoms with van der Waals surface area (Å²) in [5.74, 6) is 2.23. The number of aromatic nitrogens is 4. The van der Waals surface area contributed by atoms with Crippen LogP contribution < -0.4 is 9.64 Å². The standard InChI is InChI=1S/C22H26N6O3/c1-3-30-18-10-11-23-22(24-18)28-14-12-27(13-15-28)20(29)9-8-19-25-26-21(31-19)17-6-4-16(2)5-7-17/h4-7,10-11H,3,8-9,12-15H2,1-2H3. The van der Waals surface area contributed by atoms with Crippen molar-refractivity contribution in [2.45, 2.75) is 26.7 Å². The summed E-state index contributed by atoms with van der Waals surface area (Å²) in [4.78, 5) is 25.3. The molecule has 1 amide bonds. The van der Waals surface area contributed by atoms with E-state index in [-0.39, 0.29) is 5.91 Å². The zero-order chi connectivity index (χ0) is 21.6. The molecular formula is C22H26N6O3. The Kier molecular flexibility index (Phi) is 6.40. The monoisotopic (exact) mass is 422 g/mol. The van der Waals surface area contributed by atoms with Crippen molar-refractivity contribution in [2.75, 3.05) is 37.7 Å². The van der Waals surface area contributed by atoms with Gasteiger partial charge < -0.3 is 19.0 Å². The van der Waals surface area contributed by atoms with Crippen molar-refractivity contribution in [3.05, 3.63) is 48.0 Å². The first kappa shape index (κ1) is 20.8. The van der Waals surface area contributed by atoms with E-state index in [0.717, 1.165) is 5.56 Å². The lowest BCUT2D eigenvalue weighted by Gasteiger charge is -2.34. The number of anilines is 1. The molecule has 9 heteroatoms. The van der Waals surface area contributed by atoms with Gasteiger partial charge in [0.1, 0.15) is 0 Å². The summed E-state index contributed by atoms with van der Waals surface area (Å²) in [5.41, 5.74) is 2.05. The summed E-state index contributed by atoms with van der Waals surface area (Å²) in [6, 6.07) is 9.64. The minimum Gasteiger partial charge on any atom is -0.478 e. The Morgan fingerprint density at radius 3 is 2.61 bits per heavy atom.